The van der Waals surface area contributed by atoms with E-state index in [-0.39, 0.29) is 27.9 Å². The van der Waals surface area contributed by atoms with Crippen molar-refractivity contribution in [2.45, 2.75) is 0 Å². The van der Waals surface area contributed by atoms with Crippen LogP contribution >= 0.6 is 11.6 Å². The van der Waals surface area contributed by atoms with Crippen LogP contribution in [0.5, 0.6) is 11.6 Å². The first-order valence-electron chi connectivity index (χ1n) is 5.28. The van der Waals surface area contributed by atoms with Gasteiger partial charge >= 0.3 is 5.97 Å². The maximum atomic E-state index is 10.8. The van der Waals surface area contributed by atoms with E-state index in [1.807, 2.05) is 0 Å². The lowest BCUT2D eigenvalue weighted by Crippen LogP contribution is -1.97. The van der Waals surface area contributed by atoms with E-state index in [0.717, 1.165) is 0 Å². The molecular weight excluding hydrogens is 288 g/mol. The maximum Gasteiger partial charge on any atom is 0.335 e. The van der Waals surface area contributed by atoms with Gasteiger partial charge in [0.2, 0.25) is 5.88 Å². The molecule has 0 fully saturated rings. The van der Waals surface area contributed by atoms with E-state index in [9.17, 15) is 14.9 Å². The number of hydrogen-bond donors (Lipinski definition) is 1. The molecule has 0 spiro atoms. The first-order chi connectivity index (χ1) is 9.47. The molecule has 2 aromatic rings. The molecule has 0 bridgehead atoms. The molecule has 0 atom stereocenters. The van der Waals surface area contributed by atoms with Crippen LogP contribution in [0, 0.1) is 10.1 Å². The summed E-state index contributed by atoms with van der Waals surface area (Å²) in [5.41, 5.74) is -0.228. The molecule has 0 saturated heterocycles. The minimum absolute atomic E-state index is 0.0167. The quantitative estimate of drug-likeness (QED) is 0.686. The number of nitro benzene ring substituents is 1. The second-order valence-corrected chi connectivity index (χ2v) is 4.07. The van der Waals surface area contributed by atoms with E-state index in [0.29, 0.717) is 0 Å². The number of halogens is 1. The number of carboxylic acids is 1. The molecule has 0 saturated carbocycles. The Balaban J connectivity index is 2.26. The average molecular weight is 295 g/mol. The van der Waals surface area contributed by atoms with Gasteiger partial charge in [-0.3, -0.25) is 10.1 Å². The van der Waals surface area contributed by atoms with Crippen LogP contribution in [0.25, 0.3) is 0 Å². The van der Waals surface area contributed by atoms with Crippen LogP contribution in [0.2, 0.25) is 5.02 Å². The lowest BCUT2D eigenvalue weighted by Gasteiger charge is -2.05. The molecule has 1 heterocycles. The lowest BCUT2D eigenvalue weighted by atomic mass is 10.3. The highest BCUT2D eigenvalue weighted by molar-refractivity contribution is 6.32. The normalized spacial score (nSPS) is 10.1. The van der Waals surface area contributed by atoms with E-state index in [2.05, 4.69) is 4.98 Å². The molecule has 0 unspecified atom stereocenters. The monoisotopic (exact) mass is 294 g/mol. The summed E-state index contributed by atoms with van der Waals surface area (Å²) in [5.74, 6) is -0.843. The number of carbonyl (C=O) groups is 1. The lowest BCUT2D eigenvalue weighted by molar-refractivity contribution is -0.384. The molecule has 102 valence electrons. The number of hydrogen-bond acceptors (Lipinski definition) is 5. The van der Waals surface area contributed by atoms with Crippen LogP contribution in [-0.2, 0) is 0 Å². The molecule has 7 nitrogen and oxygen atoms in total. The van der Waals surface area contributed by atoms with Crippen LogP contribution < -0.4 is 4.74 Å². The molecule has 0 aliphatic carbocycles. The Morgan fingerprint density at radius 2 is 2.10 bits per heavy atom. The summed E-state index contributed by atoms with van der Waals surface area (Å²) >= 11 is 5.74. The molecule has 0 aliphatic rings. The highest BCUT2D eigenvalue weighted by Gasteiger charge is 2.13. The number of benzene rings is 1. The van der Waals surface area contributed by atoms with Crippen LogP contribution in [0.4, 0.5) is 5.69 Å². The molecule has 0 radical (unpaired) electrons. The molecular formula is C12H7ClN2O5. The van der Waals surface area contributed by atoms with Gasteiger partial charge in [-0.1, -0.05) is 11.6 Å². The van der Waals surface area contributed by atoms with E-state index in [4.69, 9.17) is 21.4 Å². The summed E-state index contributed by atoms with van der Waals surface area (Å²) < 4.78 is 5.30. The van der Waals surface area contributed by atoms with Crippen LogP contribution in [-0.4, -0.2) is 21.0 Å². The third kappa shape index (κ3) is 3.01. The fourth-order valence-electron chi connectivity index (χ4n) is 1.42. The number of nitro groups is 1. The zero-order chi connectivity index (χ0) is 14.7. The van der Waals surface area contributed by atoms with E-state index in [1.165, 1.54) is 36.5 Å². The summed E-state index contributed by atoms with van der Waals surface area (Å²) in [4.78, 5) is 24.6. The molecule has 8 heteroatoms. The molecule has 2 rings (SSSR count). The summed E-state index contributed by atoms with van der Waals surface area (Å²) in [5, 5.41) is 19.4. The summed E-state index contributed by atoms with van der Waals surface area (Å²) in [7, 11) is 0. The predicted molar refractivity (Wildman–Crippen MR) is 69.4 cm³/mol. The molecule has 0 amide bonds. The van der Waals surface area contributed by atoms with E-state index in [1.54, 1.807) is 0 Å². The van der Waals surface area contributed by atoms with Gasteiger partial charge in [0.25, 0.3) is 5.69 Å². The van der Waals surface area contributed by atoms with Crippen molar-refractivity contribution in [2.75, 3.05) is 0 Å². The van der Waals surface area contributed by atoms with Gasteiger partial charge in [-0.05, 0) is 12.1 Å². The topological polar surface area (TPSA) is 103 Å². The predicted octanol–water partition coefficient (Wildman–Crippen LogP) is 3.13. The molecule has 1 N–H and O–H groups in total. The zero-order valence-electron chi connectivity index (χ0n) is 9.82. The van der Waals surface area contributed by atoms with Crippen LogP contribution in [0.1, 0.15) is 10.4 Å². The fraction of sp³-hybridized carbons (Fsp3) is 0. The van der Waals surface area contributed by atoms with E-state index < -0.39 is 10.9 Å². The van der Waals surface area contributed by atoms with Crippen molar-refractivity contribution in [3.63, 3.8) is 0 Å². The van der Waals surface area contributed by atoms with Crippen molar-refractivity contribution < 1.29 is 19.6 Å². The summed E-state index contributed by atoms with van der Waals surface area (Å²) in [6.45, 7) is 0. The van der Waals surface area contributed by atoms with Gasteiger partial charge in [0.05, 0.1) is 10.5 Å². The van der Waals surface area contributed by atoms with Crippen molar-refractivity contribution in [1.82, 2.24) is 4.98 Å². The number of pyridine rings is 1. The first-order valence-corrected chi connectivity index (χ1v) is 5.66. The largest absolute Gasteiger partial charge is 0.478 e. The zero-order valence-corrected chi connectivity index (χ0v) is 10.6. The smallest absolute Gasteiger partial charge is 0.335 e. The highest BCUT2D eigenvalue weighted by atomic mass is 35.5. The van der Waals surface area contributed by atoms with Crippen LogP contribution in [0.3, 0.4) is 0 Å². The highest BCUT2D eigenvalue weighted by Crippen LogP contribution is 2.30. The minimum atomic E-state index is -1.11. The number of nitrogens with zero attached hydrogens (tertiary/aromatic N) is 2. The Morgan fingerprint density at radius 1 is 1.35 bits per heavy atom. The minimum Gasteiger partial charge on any atom is -0.478 e. The Morgan fingerprint density at radius 3 is 2.70 bits per heavy atom. The van der Waals surface area contributed by atoms with Gasteiger partial charge in [0, 0.05) is 24.4 Å². The van der Waals surface area contributed by atoms with Crippen molar-refractivity contribution >= 4 is 23.3 Å². The SMILES string of the molecule is O=C(O)c1ccnc(Oc2ccc([N+](=O)[O-])c(Cl)c2)c1. The maximum absolute atomic E-state index is 10.8. The standard InChI is InChI=1S/C12H7ClN2O5/c13-9-6-8(1-2-10(9)15(18)19)20-11-5-7(12(16)17)3-4-14-11/h1-6H,(H,16,17). The average Bonchev–Trinajstić information content (AvgIpc) is 2.38. The van der Waals surface area contributed by atoms with Gasteiger partial charge in [0.15, 0.2) is 0 Å². The number of carboxylic acid groups (broad SMARTS) is 1. The van der Waals surface area contributed by atoms with Crippen molar-refractivity contribution in [1.29, 1.82) is 0 Å². The Kier molecular flexibility index (Phi) is 3.81. The number of rotatable bonds is 4. The Hall–Kier alpha value is -2.67. The summed E-state index contributed by atoms with van der Waals surface area (Å²) in [6, 6.07) is 6.35. The number of aromatic nitrogens is 1. The van der Waals surface area contributed by atoms with Gasteiger partial charge in [0.1, 0.15) is 10.8 Å². The molecule has 0 aliphatic heterocycles. The Bertz CT molecular complexity index is 689. The van der Waals surface area contributed by atoms with Gasteiger partial charge < -0.3 is 9.84 Å². The molecule has 20 heavy (non-hydrogen) atoms. The van der Waals surface area contributed by atoms with Crippen molar-refractivity contribution in [3.05, 3.63) is 57.2 Å². The third-order valence-electron chi connectivity index (χ3n) is 2.32. The summed E-state index contributed by atoms with van der Waals surface area (Å²) in [6.07, 6.45) is 1.28. The fourth-order valence-corrected chi connectivity index (χ4v) is 1.66. The second kappa shape index (κ2) is 5.54. The Labute approximate surface area is 117 Å². The second-order valence-electron chi connectivity index (χ2n) is 3.66. The number of ether oxygens (including phenoxy) is 1. The molecule has 1 aromatic heterocycles. The van der Waals surface area contributed by atoms with Crippen molar-refractivity contribution in [2.24, 2.45) is 0 Å². The number of aromatic carboxylic acids is 1. The van der Waals surface area contributed by atoms with Gasteiger partial charge in [-0.25, -0.2) is 9.78 Å². The van der Waals surface area contributed by atoms with Crippen molar-refractivity contribution in [3.8, 4) is 11.6 Å². The molecule has 1 aromatic carbocycles. The van der Waals surface area contributed by atoms with Gasteiger partial charge in [-0.2, -0.15) is 0 Å². The van der Waals surface area contributed by atoms with Crippen LogP contribution in [0.15, 0.2) is 36.5 Å². The van der Waals surface area contributed by atoms with E-state index >= 15 is 0 Å². The van der Waals surface area contributed by atoms with Gasteiger partial charge in [-0.15, -0.1) is 0 Å². The first kappa shape index (κ1) is 13.8. The third-order valence-corrected chi connectivity index (χ3v) is 2.62.